The molecule has 0 amide bonds. The number of nitrogens with one attached hydrogen (secondary N) is 2. The van der Waals surface area contributed by atoms with Crippen LogP contribution in [-0.2, 0) is 16.2 Å². The van der Waals surface area contributed by atoms with Crippen molar-refractivity contribution in [2.24, 2.45) is 0 Å². The van der Waals surface area contributed by atoms with Gasteiger partial charge in [-0.15, -0.1) is 11.3 Å². The normalized spacial score (nSPS) is 12.5. The minimum absolute atomic E-state index is 0.0135. The molecular weight excluding hydrogens is 389 g/mol. The number of halogens is 3. The van der Waals surface area contributed by atoms with E-state index in [1.165, 1.54) is 41.7 Å². The molecule has 0 atom stereocenters. The molecule has 26 heavy (non-hydrogen) atoms. The Labute approximate surface area is 151 Å². The van der Waals surface area contributed by atoms with E-state index in [1.54, 1.807) is 12.3 Å². The van der Waals surface area contributed by atoms with E-state index in [-0.39, 0.29) is 22.8 Å². The van der Waals surface area contributed by atoms with Gasteiger partial charge in [0.15, 0.2) is 5.82 Å². The van der Waals surface area contributed by atoms with Gasteiger partial charge in [0.05, 0.1) is 15.1 Å². The van der Waals surface area contributed by atoms with Crippen LogP contribution in [0.1, 0.15) is 12.7 Å². The summed E-state index contributed by atoms with van der Waals surface area (Å²) in [5, 5.41) is 4.42. The lowest BCUT2D eigenvalue weighted by Crippen LogP contribution is -2.22. The SMILES string of the molecule is CCNS(=O)(=O)c1ccc(Nc2nc(C(F)(F)F)nc3ccsc23)cc1. The lowest BCUT2D eigenvalue weighted by molar-refractivity contribution is -0.144. The van der Waals surface area contributed by atoms with Gasteiger partial charge in [0, 0.05) is 12.2 Å². The highest BCUT2D eigenvalue weighted by Crippen LogP contribution is 2.33. The monoisotopic (exact) mass is 402 g/mol. The van der Waals surface area contributed by atoms with E-state index >= 15 is 0 Å². The molecule has 0 radical (unpaired) electrons. The first-order valence-electron chi connectivity index (χ1n) is 7.40. The standard InChI is InChI=1S/C15H13F3N4O2S2/c1-2-19-26(23,24)10-5-3-9(4-6-10)20-13-12-11(7-8-25-12)21-14(22-13)15(16,17)18/h3-8,19H,2H2,1H3,(H,20,21,22). The number of sulfonamides is 1. The van der Waals surface area contributed by atoms with Gasteiger partial charge in [-0.2, -0.15) is 13.2 Å². The second kappa shape index (κ2) is 6.82. The number of alkyl halides is 3. The first-order valence-corrected chi connectivity index (χ1v) is 9.76. The fourth-order valence-electron chi connectivity index (χ4n) is 2.20. The van der Waals surface area contributed by atoms with Gasteiger partial charge in [0.2, 0.25) is 15.8 Å². The second-order valence-corrected chi connectivity index (χ2v) is 7.86. The molecule has 2 aromatic heterocycles. The Balaban J connectivity index is 1.95. The maximum Gasteiger partial charge on any atom is 0.451 e. The van der Waals surface area contributed by atoms with Gasteiger partial charge in [-0.25, -0.2) is 23.1 Å². The number of rotatable bonds is 5. The van der Waals surface area contributed by atoms with Crippen LogP contribution in [0, 0.1) is 0 Å². The zero-order valence-electron chi connectivity index (χ0n) is 13.3. The topological polar surface area (TPSA) is 84.0 Å². The van der Waals surface area contributed by atoms with E-state index in [4.69, 9.17) is 0 Å². The average molecular weight is 402 g/mol. The fourth-order valence-corrected chi connectivity index (χ4v) is 4.02. The summed E-state index contributed by atoms with van der Waals surface area (Å²) in [6.45, 7) is 1.91. The molecular formula is C15H13F3N4O2S2. The minimum atomic E-state index is -4.67. The molecule has 2 heterocycles. The maximum atomic E-state index is 13.0. The van der Waals surface area contributed by atoms with Crippen molar-refractivity contribution in [1.82, 2.24) is 14.7 Å². The van der Waals surface area contributed by atoms with E-state index in [1.807, 2.05) is 0 Å². The van der Waals surface area contributed by atoms with E-state index in [9.17, 15) is 21.6 Å². The van der Waals surface area contributed by atoms with Crippen LogP contribution in [0.5, 0.6) is 0 Å². The van der Waals surface area contributed by atoms with E-state index in [2.05, 4.69) is 20.0 Å². The third-order valence-corrected chi connectivity index (χ3v) is 5.79. The van der Waals surface area contributed by atoms with Gasteiger partial charge in [0.25, 0.3) is 0 Å². The third kappa shape index (κ3) is 3.79. The summed E-state index contributed by atoms with van der Waals surface area (Å²) in [4.78, 5) is 7.16. The van der Waals surface area contributed by atoms with Crippen LogP contribution in [0.4, 0.5) is 24.7 Å². The molecule has 3 rings (SSSR count). The zero-order chi connectivity index (χ0) is 18.9. The van der Waals surface area contributed by atoms with Crippen LogP contribution in [0.25, 0.3) is 10.2 Å². The van der Waals surface area contributed by atoms with Crippen molar-refractivity contribution < 1.29 is 21.6 Å². The van der Waals surface area contributed by atoms with Crippen molar-refractivity contribution in [3.8, 4) is 0 Å². The molecule has 11 heteroatoms. The van der Waals surface area contributed by atoms with E-state index < -0.39 is 22.0 Å². The quantitative estimate of drug-likeness (QED) is 0.679. The number of benzene rings is 1. The molecule has 0 fully saturated rings. The van der Waals surface area contributed by atoms with Crippen molar-refractivity contribution in [2.75, 3.05) is 11.9 Å². The lowest BCUT2D eigenvalue weighted by atomic mass is 10.3. The molecule has 0 unspecified atom stereocenters. The summed E-state index contributed by atoms with van der Waals surface area (Å²) in [7, 11) is -3.60. The smallest absolute Gasteiger partial charge is 0.339 e. The molecule has 3 aromatic rings. The fraction of sp³-hybridized carbons (Fsp3) is 0.200. The molecule has 1 aromatic carbocycles. The van der Waals surface area contributed by atoms with Crippen LogP contribution in [-0.4, -0.2) is 24.9 Å². The lowest BCUT2D eigenvalue weighted by Gasteiger charge is -2.11. The van der Waals surface area contributed by atoms with Crippen LogP contribution in [0.2, 0.25) is 0 Å². The number of hydrogen-bond donors (Lipinski definition) is 2. The molecule has 0 saturated heterocycles. The van der Waals surface area contributed by atoms with Crippen LogP contribution in [0.15, 0.2) is 40.6 Å². The molecule has 0 aliphatic rings. The molecule has 6 nitrogen and oxygen atoms in total. The van der Waals surface area contributed by atoms with Gasteiger partial charge < -0.3 is 5.32 Å². The van der Waals surface area contributed by atoms with Gasteiger partial charge in [-0.3, -0.25) is 0 Å². The Morgan fingerprint density at radius 2 is 1.81 bits per heavy atom. The van der Waals surface area contributed by atoms with Crippen LogP contribution < -0.4 is 10.0 Å². The number of anilines is 2. The molecule has 0 aliphatic heterocycles. The predicted molar refractivity (Wildman–Crippen MR) is 93.0 cm³/mol. The molecule has 0 aliphatic carbocycles. The summed E-state index contributed by atoms with van der Waals surface area (Å²) in [6, 6.07) is 7.11. The number of fused-ring (bicyclic) bond motifs is 1. The second-order valence-electron chi connectivity index (χ2n) is 5.18. The van der Waals surface area contributed by atoms with Gasteiger partial charge in [-0.05, 0) is 35.7 Å². The largest absolute Gasteiger partial charge is 0.451 e. The molecule has 0 bridgehead atoms. The predicted octanol–water partition coefficient (Wildman–Crippen LogP) is 3.75. The third-order valence-electron chi connectivity index (χ3n) is 3.32. The Kier molecular flexibility index (Phi) is 4.86. The molecule has 0 saturated carbocycles. The van der Waals surface area contributed by atoms with Crippen molar-refractivity contribution in [3.63, 3.8) is 0 Å². The number of thiophene rings is 1. The molecule has 2 N–H and O–H groups in total. The maximum absolute atomic E-state index is 13.0. The van der Waals surface area contributed by atoms with Gasteiger partial charge in [0.1, 0.15) is 0 Å². The first kappa shape index (κ1) is 18.5. The van der Waals surface area contributed by atoms with Crippen molar-refractivity contribution in [3.05, 3.63) is 41.5 Å². The van der Waals surface area contributed by atoms with Gasteiger partial charge in [-0.1, -0.05) is 6.92 Å². The Morgan fingerprint density at radius 3 is 2.42 bits per heavy atom. The van der Waals surface area contributed by atoms with Gasteiger partial charge >= 0.3 is 6.18 Å². The van der Waals surface area contributed by atoms with Crippen molar-refractivity contribution >= 4 is 43.1 Å². The number of aromatic nitrogens is 2. The number of hydrogen-bond acceptors (Lipinski definition) is 6. The summed E-state index contributed by atoms with van der Waals surface area (Å²) >= 11 is 1.21. The summed E-state index contributed by atoms with van der Waals surface area (Å²) in [6.07, 6.45) is -4.67. The van der Waals surface area contributed by atoms with Crippen LogP contribution in [0.3, 0.4) is 0 Å². The first-order chi connectivity index (χ1) is 12.2. The Morgan fingerprint density at radius 1 is 1.12 bits per heavy atom. The highest BCUT2D eigenvalue weighted by Gasteiger charge is 2.35. The number of nitrogens with zero attached hydrogens (tertiary/aromatic N) is 2. The Hall–Kier alpha value is -2.24. The van der Waals surface area contributed by atoms with Crippen molar-refractivity contribution in [2.45, 2.75) is 18.0 Å². The van der Waals surface area contributed by atoms with Crippen molar-refractivity contribution in [1.29, 1.82) is 0 Å². The van der Waals surface area contributed by atoms with E-state index in [0.29, 0.717) is 10.4 Å². The summed E-state index contributed by atoms with van der Waals surface area (Å²) in [5.74, 6) is -1.23. The van der Waals surface area contributed by atoms with E-state index in [0.717, 1.165) is 0 Å². The van der Waals surface area contributed by atoms with Crippen LogP contribution >= 0.6 is 11.3 Å². The molecule has 138 valence electrons. The minimum Gasteiger partial charge on any atom is -0.339 e. The summed E-state index contributed by atoms with van der Waals surface area (Å²) in [5.41, 5.74) is 0.591. The zero-order valence-corrected chi connectivity index (χ0v) is 15.0. The highest BCUT2D eigenvalue weighted by atomic mass is 32.2. The Bertz CT molecular complexity index is 1030. The average Bonchev–Trinajstić information content (AvgIpc) is 3.03. The molecule has 0 spiro atoms. The highest BCUT2D eigenvalue weighted by molar-refractivity contribution is 7.89. The summed E-state index contributed by atoms with van der Waals surface area (Å²) < 4.78 is 65.6.